The topological polar surface area (TPSA) is 111 Å². The van der Waals surface area contributed by atoms with Crippen molar-refractivity contribution in [1.82, 2.24) is 30.5 Å². The number of benzene rings is 3. The number of nitrogens with zero attached hydrogens (tertiary/aromatic N) is 3. The van der Waals surface area contributed by atoms with Crippen LogP contribution in [0.3, 0.4) is 0 Å². The maximum Gasteiger partial charge on any atom is 0.268 e. The molecule has 0 aliphatic rings. The first kappa shape index (κ1) is 21.5. The number of carbonyl (C=O) groups excluding carboxylic acids is 1. The van der Waals surface area contributed by atoms with Crippen molar-refractivity contribution < 1.29 is 4.79 Å². The minimum Gasteiger partial charge on any atom is -0.351 e. The monoisotopic (exact) mass is 473 g/mol. The molecule has 0 spiro atoms. The molecule has 6 rings (SSSR count). The summed E-state index contributed by atoms with van der Waals surface area (Å²) >= 11 is 0. The minimum atomic E-state index is -0.152. The number of fused-ring (bicyclic) bond motifs is 2. The summed E-state index contributed by atoms with van der Waals surface area (Å²) in [5, 5.41) is 15.4. The Morgan fingerprint density at radius 2 is 1.81 bits per heavy atom. The second kappa shape index (κ2) is 8.99. The average molecular weight is 474 g/mol. The van der Waals surface area contributed by atoms with Crippen molar-refractivity contribution in [2.45, 2.75) is 13.0 Å². The van der Waals surface area contributed by atoms with Gasteiger partial charge in [0.1, 0.15) is 11.5 Å². The molecule has 0 aliphatic heterocycles. The molecule has 0 saturated carbocycles. The number of carbonyl (C=O) groups is 1. The molecule has 0 bridgehead atoms. The van der Waals surface area contributed by atoms with Crippen molar-refractivity contribution >= 4 is 39.2 Å². The SMILES string of the molecule is CC(NC(=O)c1cc2ccc(-c3nccc(Nc4ccc5[nH]ncc5c4)n3)cc2[nH]1)c1ccccc1. The first-order valence-electron chi connectivity index (χ1n) is 11.6. The Hall–Kier alpha value is -4.98. The summed E-state index contributed by atoms with van der Waals surface area (Å²) in [5.41, 5.74) is 5.15. The predicted octanol–water partition coefficient (Wildman–Crippen LogP) is 5.74. The maximum atomic E-state index is 12.9. The number of rotatable bonds is 6. The van der Waals surface area contributed by atoms with Crippen molar-refractivity contribution in [3.05, 3.63) is 103 Å². The zero-order valence-electron chi connectivity index (χ0n) is 19.5. The smallest absolute Gasteiger partial charge is 0.268 e. The van der Waals surface area contributed by atoms with E-state index in [1.807, 2.05) is 85.8 Å². The van der Waals surface area contributed by atoms with E-state index in [4.69, 9.17) is 0 Å². The number of nitrogens with one attached hydrogen (secondary N) is 4. The summed E-state index contributed by atoms with van der Waals surface area (Å²) in [6, 6.07) is 25.3. The van der Waals surface area contributed by atoms with E-state index in [0.717, 1.165) is 38.6 Å². The Morgan fingerprint density at radius 3 is 2.69 bits per heavy atom. The van der Waals surface area contributed by atoms with Crippen molar-refractivity contribution in [3.8, 4) is 11.4 Å². The summed E-state index contributed by atoms with van der Waals surface area (Å²) in [6.07, 6.45) is 3.51. The van der Waals surface area contributed by atoms with Gasteiger partial charge >= 0.3 is 0 Å². The molecular formula is C28H23N7O. The van der Waals surface area contributed by atoms with Gasteiger partial charge in [-0.05, 0) is 48.9 Å². The van der Waals surface area contributed by atoms with Gasteiger partial charge in [0.15, 0.2) is 5.82 Å². The van der Waals surface area contributed by atoms with Gasteiger partial charge in [-0.2, -0.15) is 5.10 Å². The lowest BCUT2D eigenvalue weighted by atomic mass is 10.1. The van der Waals surface area contributed by atoms with Crippen LogP contribution in [0, 0.1) is 0 Å². The van der Waals surface area contributed by atoms with Gasteiger partial charge in [0.05, 0.1) is 17.8 Å². The van der Waals surface area contributed by atoms with Gasteiger partial charge in [-0.1, -0.05) is 42.5 Å². The van der Waals surface area contributed by atoms with Crippen LogP contribution in [0.2, 0.25) is 0 Å². The van der Waals surface area contributed by atoms with Gasteiger partial charge in [-0.25, -0.2) is 9.97 Å². The highest BCUT2D eigenvalue weighted by Crippen LogP contribution is 2.25. The molecule has 0 saturated heterocycles. The van der Waals surface area contributed by atoms with Gasteiger partial charge in [0.25, 0.3) is 5.91 Å². The zero-order valence-corrected chi connectivity index (χ0v) is 19.5. The molecule has 3 aromatic heterocycles. The molecule has 3 aromatic carbocycles. The molecule has 36 heavy (non-hydrogen) atoms. The molecule has 176 valence electrons. The van der Waals surface area contributed by atoms with Crippen molar-refractivity contribution in [2.24, 2.45) is 0 Å². The summed E-state index contributed by atoms with van der Waals surface area (Å²) in [4.78, 5) is 25.2. The van der Waals surface area contributed by atoms with Crippen LogP contribution in [-0.2, 0) is 0 Å². The van der Waals surface area contributed by atoms with Crippen LogP contribution in [-0.4, -0.2) is 31.1 Å². The normalized spacial score (nSPS) is 12.0. The van der Waals surface area contributed by atoms with Crippen molar-refractivity contribution in [3.63, 3.8) is 0 Å². The Balaban J connectivity index is 1.22. The lowest BCUT2D eigenvalue weighted by molar-refractivity contribution is 0.0935. The first-order chi connectivity index (χ1) is 17.6. The lowest BCUT2D eigenvalue weighted by Crippen LogP contribution is -2.26. The number of aromatic amines is 2. The molecule has 1 unspecified atom stereocenters. The molecule has 4 N–H and O–H groups in total. The lowest BCUT2D eigenvalue weighted by Gasteiger charge is -2.13. The molecule has 0 fully saturated rings. The predicted molar refractivity (Wildman–Crippen MR) is 141 cm³/mol. The third-order valence-corrected chi connectivity index (χ3v) is 6.14. The number of anilines is 2. The van der Waals surface area contributed by atoms with Crippen LogP contribution in [0.1, 0.15) is 29.0 Å². The number of hydrogen-bond donors (Lipinski definition) is 4. The number of hydrogen-bond acceptors (Lipinski definition) is 5. The van der Waals surface area contributed by atoms with Crippen LogP contribution in [0.15, 0.2) is 91.3 Å². The summed E-state index contributed by atoms with van der Waals surface area (Å²) in [7, 11) is 0. The standard InChI is InChI=1S/C28H23N7O/c1-17(18-5-3-2-4-6-18)31-28(36)25-14-19-7-8-20(15-24(19)33-25)27-29-12-11-26(34-27)32-22-9-10-23-21(13-22)16-30-35-23/h2-17,33H,1H3,(H,30,35)(H,31,36)(H,29,32,34). The van der Waals surface area contributed by atoms with Gasteiger partial charge in [-0.3, -0.25) is 9.89 Å². The van der Waals surface area contributed by atoms with E-state index in [2.05, 4.69) is 35.8 Å². The Morgan fingerprint density at radius 1 is 0.917 bits per heavy atom. The third-order valence-electron chi connectivity index (χ3n) is 6.14. The van der Waals surface area contributed by atoms with E-state index < -0.39 is 0 Å². The van der Waals surface area contributed by atoms with E-state index in [0.29, 0.717) is 17.3 Å². The fourth-order valence-corrected chi connectivity index (χ4v) is 4.22. The van der Waals surface area contributed by atoms with Gasteiger partial charge < -0.3 is 15.6 Å². The molecule has 8 heteroatoms. The van der Waals surface area contributed by atoms with E-state index in [-0.39, 0.29) is 11.9 Å². The van der Waals surface area contributed by atoms with Crippen LogP contribution >= 0.6 is 0 Å². The van der Waals surface area contributed by atoms with Crippen molar-refractivity contribution in [1.29, 1.82) is 0 Å². The molecule has 0 radical (unpaired) electrons. The number of aromatic nitrogens is 5. The van der Waals surface area contributed by atoms with E-state index in [9.17, 15) is 4.79 Å². The summed E-state index contributed by atoms with van der Waals surface area (Å²) in [6.45, 7) is 1.97. The number of amides is 1. The summed E-state index contributed by atoms with van der Waals surface area (Å²) in [5.74, 6) is 1.12. The number of H-pyrrole nitrogens is 2. The molecule has 0 aliphatic carbocycles. The second-order valence-corrected chi connectivity index (χ2v) is 8.65. The third kappa shape index (κ3) is 4.27. The maximum absolute atomic E-state index is 12.9. The highest BCUT2D eigenvalue weighted by atomic mass is 16.1. The molecule has 6 aromatic rings. The molecule has 1 amide bonds. The van der Waals surface area contributed by atoms with E-state index in [1.54, 1.807) is 12.4 Å². The van der Waals surface area contributed by atoms with Crippen LogP contribution in [0.5, 0.6) is 0 Å². The first-order valence-corrected chi connectivity index (χ1v) is 11.6. The molecular weight excluding hydrogens is 450 g/mol. The second-order valence-electron chi connectivity index (χ2n) is 8.65. The minimum absolute atomic E-state index is 0.0986. The largest absolute Gasteiger partial charge is 0.351 e. The van der Waals surface area contributed by atoms with Crippen LogP contribution in [0.25, 0.3) is 33.2 Å². The highest BCUT2D eigenvalue weighted by molar-refractivity contribution is 5.99. The fourth-order valence-electron chi connectivity index (χ4n) is 4.22. The molecule has 8 nitrogen and oxygen atoms in total. The van der Waals surface area contributed by atoms with Crippen LogP contribution in [0.4, 0.5) is 11.5 Å². The van der Waals surface area contributed by atoms with Crippen molar-refractivity contribution in [2.75, 3.05) is 5.32 Å². The van der Waals surface area contributed by atoms with E-state index >= 15 is 0 Å². The molecule has 3 heterocycles. The Kier molecular flexibility index (Phi) is 5.38. The van der Waals surface area contributed by atoms with Crippen LogP contribution < -0.4 is 10.6 Å². The Bertz CT molecular complexity index is 1690. The molecule has 1 atom stereocenters. The zero-order chi connectivity index (χ0) is 24.5. The van der Waals surface area contributed by atoms with Gasteiger partial charge in [0.2, 0.25) is 0 Å². The quantitative estimate of drug-likeness (QED) is 0.247. The summed E-state index contributed by atoms with van der Waals surface area (Å²) < 4.78 is 0. The van der Waals surface area contributed by atoms with Gasteiger partial charge in [0, 0.05) is 33.7 Å². The van der Waals surface area contributed by atoms with E-state index in [1.165, 1.54) is 0 Å². The highest BCUT2D eigenvalue weighted by Gasteiger charge is 2.14. The Labute approximate surface area is 206 Å². The van der Waals surface area contributed by atoms with Gasteiger partial charge in [-0.15, -0.1) is 0 Å². The average Bonchev–Trinajstić information content (AvgIpc) is 3.55. The fraction of sp³-hybridized carbons (Fsp3) is 0.0714.